The van der Waals surface area contributed by atoms with Crippen molar-refractivity contribution in [1.82, 2.24) is 0 Å². The molecule has 1 aromatic rings. The highest BCUT2D eigenvalue weighted by Crippen LogP contribution is 2.27. The molecule has 0 saturated carbocycles. The van der Waals surface area contributed by atoms with Gasteiger partial charge in [-0.25, -0.2) is 8.42 Å². The molecule has 1 unspecified atom stereocenters. The number of carbonyl (C=O) groups is 1. The van der Waals surface area contributed by atoms with E-state index in [1.54, 1.807) is 6.07 Å². The van der Waals surface area contributed by atoms with Crippen LogP contribution in [0.4, 0.5) is 0 Å². The Labute approximate surface area is 110 Å². The smallest absolute Gasteiger partial charge is 0.168 e. The first-order valence-corrected chi connectivity index (χ1v) is 7.66. The lowest BCUT2D eigenvalue weighted by Crippen LogP contribution is -2.16. The van der Waals surface area contributed by atoms with E-state index in [9.17, 15) is 13.2 Å². The van der Waals surface area contributed by atoms with E-state index < -0.39 is 15.8 Å². The summed E-state index contributed by atoms with van der Waals surface area (Å²) in [5.74, 6) is -0.689. The standard InChI is InChI=1S/C11H10Cl2O3S/c12-8-1-2-9(10(13)5-8)11(14)7-3-4-17(15,16)6-7/h1-2,5,7H,3-4,6H2. The van der Waals surface area contributed by atoms with Gasteiger partial charge in [0.15, 0.2) is 15.6 Å². The summed E-state index contributed by atoms with van der Waals surface area (Å²) in [6.07, 6.45) is 0.375. The monoisotopic (exact) mass is 292 g/mol. The lowest BCUT2D eigenvalue weighted by Gasteiger charge is -2.08. The summed E-state index contributed by atoms with van der Waals surface area (Å²) in [5.41, 5.74) is 0.346. The first-order chi connectivity index (χ1) is 7.89. The van der Waals surface area contributed by atoms with E-state index in [0.29, 0.717) is 17.0 Å². The summed E-state index contributed by atoms with van der Waals surface area (Å²) in [6.45, 7) is 0. The Morgan fingerprint density at radius 2 is 2.00 bits per heavy atom. The van der Waals surface area contributed by atoms with Crippen molar-refractivity contribution < 1.29 is 13.2 Å². The molecule has 3 nitrogen and oxygen atoms in total. The van der Waals surface area contributed by atoms with E-state index in [-0.39, 0.29) is 22.3 Å². The van der Waals surface area contributed by atoms with Crippen LogP contribution >= 0.6 is 23.2 Å². The number of Topliss-reactive ketones (excluding diaryl/α,β-unsaturated/α-hetero) is 1. The molecule has 92 valence electrons. The van der Waals surface area contributed by atoms with Crippen LogP contribution in [0, 0.1) is 5.92 Å². The zero-order valence-corrected chi connectivity index (χ0v) is 11.1. The molecular weight excluding hydrogens is 283 g/mol. The van der Waals surface area contributed by atoms with E-state index in [1.165, 1.54) is 12.1 Å². The molecule has 1 saturated heterocycles. The molecule has 1 heterocycles. The molecule has 1 aliphatic heterocycles. The number of benzene rings is 1. The molecule has 6 heteroatoms. The first kappa shape index (κ1) is 12.9. The largest absolute Gasteiger partial charge is 0.294 e. The van der Waals surface area contributed by atoms with Gasteiger partial charge in [-0.1, -0.05) is 23.2 Å². The van der Waals surface area contributed by atoms with Crippen LogP contribution in [0.5, 0.6) is 0 Å². The molecule has 0 spiro atoms. The topological polar surface area (TPSA) is 51.2 Å². The molecule has 0 aromatic heterocycles. The van der Waals surface area contributed by atoms with Crippen molar-refractivity contribution in [2.75, 3.05) is 11.5 Å². The summed E-state index contributed by atoms with van der Waals surface area (Å²) in [4.78, 5) is 12.1. The predicted molar refractivity (Wildman–Crippen MR) is 67.6 cm³/mol. The van der Waals surface area contributed by atoms with Crippen LogP contribution in [-0.2, 0) is 9.84 Å². The molecule has 0 radical (unpaired) electrons. The fourth-order valence-electron chi connectivity index (χ4n) is 1.91. The number of hydrogen-bond acceptors (Lipinski definition) is 3. The lowest BCUT2D eigenvalue weighted by molar-refractivity contribution is 0.0933. The zero-order chi connectivity index (χ0) is 12.6. The van der Waals surface area contributed by atoms with Crippen molar-refractivity contribution in [1.29, 1.82) is 0 Å². The Hall–Kier alpha value is -0.580. The Balaban J connectivity index is 2.27. The number of sulfone groups is 1. The van der Waals surface area contributed by atoms with Crippen molar-refractivity contribution in [2.45, 2.75) is 6.42 Å². The van der Waals surface area contributed by atoms with Crippen LogP contribution < -0.4 is 0 Å². The number of hydrogen-bond donors (Lipinski definition) is 0. The summed E-state index contributed by atoms with van der Waals surface area (Å²) >= 11 is 11.7. The van der Waals surface area contributed by atoms with Gasteiger partial charge < -0.3 is 0 Å². The Morgan fingerprint density at radius 1 is 1.29 bits per heavy atom. The molecule has 0 aliphatic carbocycles. The molecule has 1 aromatic carbocycles. The minimum Gasteiger partial charge on any atom is -0.294 e. The normalized spacial score (nSPS) is 22.6. The molecule has 1 fully saturated rings. The van der Waals surface area contributed by atoms with Gasteiger partial charge in [-0.15, -0.1) is 0 Å². The fourth-order valence-corrected chi connectivity index (χ4v) is 4.15. The lowest BCUT2D eigenvalue weighted by atomic mass is 9.97. The highest BCUT2D eigenvalue weighted by molar-refractivity contribution is 7.91. The van der Waals surface area contributed by atoms with Crippen LogP contribution in [0.15, 0.2) is 18.2 Å². The van der Waals surface area contributed by atoms with Gasteiger partial charge >= 0.3 is 0 Å². The van der Waals surface area contributed by atoms with E-state index in [1.807, 2.05) is 0 Å². The van der Waals surface area contributed by atoms with Gasteiger partial charge in [0.2, 0.25) is 0 Å². The van der Waals surface area contributed by atoms with Gasteiger partial charge in [0.1, 0.15) is 0 Å². The third-order valence-electron chi connectivity index (χ3n) is 2.80. The van der Waals surface area contributed by atoms with Crippen LogP contribution in [0.25, 0.3) is 0 Å². The van der Waals surface area contributed by atoms with Crippen molar-refractivity contribution in [3.63, 3.8) is 0 Å². The summed E-state index contributed by atoms with van der Waals surface area (Å²) in [5, 5.41) is 0.720. The van der Waals surface area contributed by atoms with Gasteiger partial charge in [-0.3, -0.25) is 4.79 Å². The summed E-state index contributed by atoms with van der Waals surface area (Å²) in [7, 11) is -3.06. The third-order valence-corrected chi connectivity index (χ3v) is 5.12. The number of halogens is 2. The van der Waals surface area contributed by atoms with Crippen LogP contribution in [0.2, 0.25) is 10.0 Å². The molecule has 17 heavy (non-hydrogen) atoms. The minimum atomic E-state index is -3.06. The van der Waals surface area contributed by atoms with Crippen LogP contribution in [-0.4, -0.2) is 25.7 Å². The number of rotatable bonds is 2. The van der Waals surface area contributed by atoms with Gasteiger partial charge in [0.25, 0.3) is 0 Å². The average molecular weight is 293 g/mol. The SMILES string of the molecule is O=C(c1ccc(Cl)cc1Cl)C1CCS(=O)(=O)C1. The Bertz CT molecular complexity index is 566. The first-order valence-electron chi connectivity index (χ1n) is 5.09. The predicted octanol–water partition coefficient (Wildman–Crippen LogP) is 2.61. The second-order valence-corrected chi connectivity index (χ2v) is 7.16. The third kappa shape index (κ3) is 2.81. The van der Waals surface area contributed by atoms with Crippen molar-refractivity contribution in [3.8, 4) is 0 Å². The maximum Gasteiger partial charge on any atom is 0.168 e. The van der Waals surface area contributed by atoms with Gasteiger partial charge in [-0.05, 0) is 24.6 Å². The summed E-state index contributed by atoms with van der Waals surface area (Å²) < 4.78 is 22.6. The van der Waals surface area contributed by atoms with Gasteiger partial charge in [-0.2, -0.15) is 0 Å². The maximum absolute atomic E-state index is 12.1. The molecule has 0 amide bonds. The van der Waals surface area contributed by atoms with Crippen molar-refractivity contribution in [3.05, 3.63) is 33.8 Å². The molecule has 0 bridgehead atoms. The molecule has 1 atom stereocenters. The quantitative estimate of drug-likeness (QED) is 0.788. The maximum atomic E-state index is 12.1. The Morgan fingerprint density at radius 3 is 2.53 bits per heavy atom. The van der Waals surface area contributed by atoms with Crippen LogP contribution in [0.1, 0.15) is 16.8 Å². The van der Waals surface area contributed by atoms with Crippen molar-refractivity contribution >= 4 is 38.8 Å². The fraction of sp³-hybridized carbons (Fsp3) is 0.364. The summed E-state index contributed by atoms with van der Waals surface area (Å²) in [6, 6.07) is 4.60. The van der Waals surface area contributed by atoms with Crippen LogP contribution in [0.3, 0.4) is 0 Å². The second kappa shape index (κ2) is 4.59. The highest BCUT2D eigenvalue weighted by Gasteiger charge is 2.34. The van der Waals surface area contributed by atoms with E-state index in [0.717, 1.165) is 0 Å². The number of ketones is 1. The second-order valence-electron chi connectivity index (χ2n) is 4.09. The molecule has 1 aliphatic rings. The average Bonchev–Trinajstić information content (AvgIpc) is 2.58. The molecule has 2 rings (SSSR count). The zero-order valence-electron chi connectivity index (χ0n) is 8.82. The Kier molecular flexibility index (Phi) is 3.48. The van der Waals surface area contributed by atoms with Gasteiger partial charge in [0.05, 0.1) is 16.5 Å². The van der Waals surface area contributed by atoms with E-state index >= 15 is 0 Å². The van der Waals surface area contributed by atoms with E-state index in [4.69, 9.17) is 23.2 Å². The molecule has 0 N–H and O–H groups in total. The van der Waals surface area contributed by atoms with Gasteiger partial charge in [0, 0.05) is 16.5 Å². The highest BCUT2D eigenvalue weighted by atomic mass is 35.5. The number of carbonyl (C=O) groups excluding carboxylic acids is 1. The van der Waals surface area contributed by atoms with Crippen molar-refractivity contribution in [2.24, 2.45) is 5.92 Å². The van der Waals surface area contributed by atoms with E-state index in [2.05, 4.69) is 0 Å². The molecular formula is C11H10Cl2O3S. The minimum absolute atomic E-state index is 0.0780.